The summed E-state index contributed by atoms with van der Waals surface area (Å²) < 4.78 is 19.2. The summed E-state index contributed by atoms with van der Waals surface area (Å²) in [7, 11) is 2.39. The van der Waals surface area contributed by atoms with Crippen LogP contribution in [0.25, 0.3) is 0 Å². The highest BCUT2D eigenvalue weighted by Crippen LogP contribution is 2.47. The van der Waals surface area contributed by atoms with E-state index in [0.29, 0.717) is 11.1 Å². The van der Waals surface area contributed by atoms with E-state index >= 15 is 0 Å². The van der Waals surface area contributed by atoms with Crippen LogP contribution in [0.3, 0.4) is 0 Å². The Morgan fingerprint density at radius 1 is 0.840 bits per heavy atom. The van der Waals surface area contributed by atoms with Gasteiger partial charge in [-0.3, -0.25) is 9.59 Å². The number of hydrogen-bond donors (Lipinski definition) is 0. The van der Waals surface area contributed by atoms with Gasteiger partial charge in [0.25, 0.3) is 0 Å². The molecule has 138 valence electrons. The number of allylic oxidation sites excluding steroid dienone is 2. The molecule has 0 aliphatic heterocycles. The molecule has 0 aromatic heterocycles. The highest BCUT2D eigenvalue weighted by atomic mass is 16.6. The molecule has 1 aliphatic rings. The third-order valence-electron chi connectivity index (χ3n) is 3.72. The molecule has 1 rings (SSSR count). The third-order valence-corrected chi connectivity index (χ3v) is 3.72. The lowest BCUT2D eigenvalue weighted by molar-refractivity contribution is -0.171. The van der Waals surface area contributed by atoms with Crippen molar-refractivity contribution in [2.45, 2.75) is 26.7 Å². The van der Waals surface area contributed by atoms with Gasteiger partial charge in [0.15, 0.2) is 5.41 Å². The van der Waals surface area contributed by atoms with Gasteiger partial charge in [-0.15, -0.1) is 0 Å². The van der Waals surface area contributed by atoms with Crippen LogP contribution in [-0.2, 0) is 38.1 Å². The standard InChI is InChI=1S/C17H22O8/c1-5-24-15(20)17(16(21)25-6-2)9-11(7-13(18)22-3)12(10-17)8-14(19)23-4/h7-8H,5-6,9-10H2,1-4H3/b11-7+,12-8+. The fourth-order valence-electron chi connectivity index (χ4n) is 2.54. The van der Waals surface area contributed by atoms with Crippen molar-refractivity contribution in [1.29, 1.82) is 0 Å². The maximum absolute atomic E-state index is 12.5. The van der Waals surface area contributed by atoms with Crippen molar-refractivity contribution in [3.8, 4) is 0 Å². The van der Waals surface area contributed by atoms with E-state index in [1.807, 2.05) is 0 Å². The number of esters is 4. The van der Waals surface area contributed by atoms with Crippen molar-refractivity contribution in [1.82, 2.24) is 0 Å². The van der Waals surface area contributed by atoms with E-state index < -0.39 is 29.3 Å². The van der Waals surface area contributed by atoms with Gasteiger partial charge in [-0.1, -0.05) is 0 Å². The minimum atomic E-state index is -1.65. The lowest BCUT2D eigenvalue weighted by atomic mass is 9.85. The van der Waals surface area contributed by atoms with Crippen LogP contribution in [0, 0.1) is 5.41 Å². The van der Waals surface area contributed by atoms with E-state index in [4.69, 9.17) is 9.47 Å². The summed E-state index contributed by atoms with van der Waals surface area (Å²) in [6.07, 6.45) is 2.00. The maximum Gasteiger partial charge on any atom is 0.330 e. The Labute approximate surface area is 145 Å². The summed E-state index contributed by atoms with van der Waals surface area (Å²) in [5.74, 6) is -2.88. The van der Waals surface area contributed by atoms with E-state index in [2.05, 4.69) is 9.47 Å². The van der Waals surface area contributed by atoms with E-state index in [1.54, 1.807) is 13.8 Å². The van der Waals surface area contributed by atoms with Crippen LogP contribution in [0.5, 0.6) is 0 Å². The minimum absolute atomic E-state index is 0.0755. The number of ether oxygens (including phenoxy) is 4. The van der Waals surface area contributed by atoms with Gasteiger partial charge < -0.3 is 18.9 Å². The topological polar surface area (TPSA) is 105 Å². The fraction of sp³-hybridized carbons (Fsp3) is 0.529. The average Bonchev–Trinajstić information content (AvgIpc) is 2.94. The molecule has 0 saturated heterocycles. The Kier molecular flexibility index (Phi) is 7.35. The Hall–Kier alpha value is -2.64. The van der Waals surface area contributed by atoms with Gasteiger partial charge >= 0.3 is 23.9 Å². The van der Waals surface area contributed by atoms with Crippen LogP contribution in [0.1, 0.15) is 26.7 Å². The van der Waals surface area contributed by atoms with Gasteiger partial charge in [0.05, 0.1) is 27.4 Å². The molecule has 0 bridgehead atoms. The van der Waals surface area contributed by atoms with Gasteiger partial charge in [-0.25, -0.2) is 9.59 Å². The molecule has 0 heterocycles. The second kappa shape index (κ2) is 9.00. The molecular formula is C17H22O8. The molecule has 0 spiro atoms. The van der Waals surface area contributed by atoms with Crippen molar-refractivity contribution in [3.05, 3.63) is 23.3 Å². The normalized spacial score (nSPS) is 18.7. The molecule has 0 aromatic carbocycles. The van der Waals surface area contributed by atoms with Crippen LogP contribution in [0.15, 0.2) is 23.3 Å². The predicted molar refractivity (Wildman–Crippen MR) is 85.1 cm³/mol. The predicted octanol–water partition coefficient (Wildman–Crippen LogP) is 1.09. The Morgan fingerprint density at radius 2 is 1.20 bits per heavy atom. The number of methoxy groups -OCH3 is 2. The van der Waals surface area contributed by atoms with E-state index in [0.717, 1.165) is 12.2 Å². The van der Waals surface area contributed by atoms with E-state index in [1.165, 1.54) is 14.2 Å². The summed E-state index contributed by atoms with van der Waals surface area (Å²) in [5.41, 5.74) is -1.01. The largest absolute Gasteiger partial charge is 0.466 e. The molecule has 1 fully saturated rings. The van der Waals surface area contributed by atoms with Gasteiger partial charge in [0, 0.05) is 25.0 Å². The van der Waals surface area contributed by atoms with Crippen LogP contribution in [0.2, 0.25) is 0 Å². The van der Waals surface area contributed by atoms with Crippen molar-refractivity contribution in [2.24, 2.45) is 5.41 Å². The van der Waals surface area contributed by atoms with Crippen LogP contribution >= 0.6 is 0 Å². The van der Waals surface area contributed by atoms with Crippen molar-refractivity contribution >= 4 is 23.9 Å². The Bertz CT molecular complexity index is 560. The monoisotopic (exact) mass is 354 g/mol. The first kappa shape index (κ1) is 20.4. The molecular weight excluding hydrogens is 332 g/mol. The minimum Gasteiger partial charge on any atom is -0.466 e. The Morgan fingerprint density at radius 3 is 1.48 bits per heavy atom. The first-order valence-electron chi connectivity index (χ1n) is 7.76. The zero-order valence-electron chi connectivity index (χ0n) is 14.7. The molecule has 0 atom stereocenters. The highest BCUT2D eigenvalue weighted by Gasteiger charge is 2.54. The number of carbonyl (C=O) groups excluding carboxylic acids is 4. The number of hydrogen-bond acceptors (Lipinski definition) is 8. The lowest BCUT2D eigenvalue weighted by Crippen LogP contribution is -2.40. The molecule has 8 nitrogen and oxygen atoms in total. The SMILES string of the molecule is CCOC(=O)C1(C(=O)OCC)CC(=C\C(=O)OC)/C(=C/C(=O)OC)C1. The zero-order chi connectivity index (χ0) is 19.0. The van der Waals surface area contributed by atoms with Crippen molar-refractivity contribution < 1.29 is 38.1 Å². The summed E-state index contributed by atoms with van der Waals surface area (Å²) in [6.45, 7) is 3.38. The number of rotatable bonds is 6. The van der Waals surface area contributed by atoms with Crippen molar-refractivity contribution in [3.63, 3.8) is 0 Å². The van der Waals surface area contributed by atoms with E-state index in [9.17, 15) is 19.2 Å². The number of carbonyl (C=O) groups is 4. The van der Waals surface area contributed by atoms with Gasteiger partial charge in [-0.05, 0) is 25.0 Å². The molecule has 8 heteroatoms. The van der Waals surface area contributed by atoms with Gasteiger partial charge in [0.2, 0.25) is 0 Å². The van der Waals surface area contributed by atoms with Gasteiger partial charge in [-0.2, -0.15) is 0 Å². The van der Waals surface area contributed by atoms with Gasteiger partial charge in [0.1, 0.15) is 0 Å². The molecule has 0 unspecified atom stereocenters. The van der Waals surface area contributed by atoms with Crippen molar-refractivity contribution in [2.75, 3.05) is 27.4 Å². The quantitative estimate of drug-likeness (QED) is 0.302. The summed E-state index contributed by atoms with van der Waals surface area (Å²) in [6, 6.07) is 0. The van der Waals surface area contributed by atoms with Crippen LogP contribution < -0.4 is 0 Å². The smallest absolute Gasteiger partial charge is 0.330 e. The lowest BCUT2D eigenvalue weighted by Gasteiger charge is -2.23. The molecule has 1 saturated carbocycles. The first-order valence-corrected chi connectivity index (χ1v) is 7.76. The van der Waals surface area contributed by atoms with E-state index in [-0.39, 0.29) is 26.1 Å². The summed E-state index contributed by atoms with van der Waals surface area (Å²) >= 11 is 0. The average molecular weight is 354 g/mol. The van der Waals surface area contributed by atoms with Crippen LogP contribution in [0.4, 0.5) is 0 Å². The summed E-state index contributed by atoms with van der Waals surface area (Å²) in [5, 5.41) is 0. The maximum atomic E-state index is 12.5. The summed E-state index contributed by atoms with van der Waals surface area (Å²) in [4.78, 5) is 48.1. The molecule has 0 aromatic rings. The zero-order valence-corrected chi connectivity index (χ0v) is 14.7. The molecule has 1 aliphatic carbocycles. The fourth-order valence-corrected chi connectivity index (χ4v) is 2.54. The molecule has 0 N–H and O–H groups in total. The molecule has 0 radical (unpaired) electrons. The third kappa shape index (κ3) is 4.68. The molecule has 0 amide bonds. The Balaban J connectivity index is 3.40. The second-order valence-electron chi connectivity index (χ2n) is 5.26. The molecule has 25 heavy (non-hydrogen) atoms. The van der Waals surface area contributed by atoms with Crippen LogP contribution in [-0.4, -0.2) is 51.3 Å². The highest BCUT2D eigenvalue weighted by molar-refractivity contribution is 6.03. The first-order chi connectivity index (χ1) is 11.8. The second-order valence-corrected chi connectivity index (χ2v) is 5.26.